The van der Waals surface area contributed by atoms with Gasteiger partial charge in [0.15, 0.2) is 11.9 Å². The Morgan fingerprint density at radius 3 is 1.95 bits per heavy atom. The Labute approximate surface area is 427 Å². The molecule has 402 valence electrons. The number of carboxylic acids is 1. The molecule has 20 N–H and O–H groups in total. The topological polar surface area (TPSA) is 441 Å². The van der Waals surface area contributed by atoms with Gasteiger partial charge in [-0.15, -0.1) is 0 Å². The number of hydrogen-bond donors (Lipinski definition) is 15. The van der Waals surface area contributed by atoms with E-state index in [2.05, 4.69) is 57.5 Å². The molecular formula is C48H70N16O10. The lowest BCUT2D eigenvalue weighted by atomic mass is 10.0. The van der Waals surface area contributed by atoms with E-state index in [0.29, 0.717) is 11.1 Å². The first-order valence-corrected chi connectivity index (χ1v) is 24.3. The number of H-pyrrole nitrogens is 1. The molecule has 0 aliphatic carbocycles. The van der Waals surface area contributed by atoms with Crippen molar-refractivity contribution in [3.05, 3.63) is 71.9 Å². The van der Waals surface area contributed by atoms with Crippen molar-refractivity contribution in [3.8, 4) is 0 Å². The number of aromatic nitrogens is 1. The number of amides is 8. The number of para-hydroxylation sites is 1. The maximum atomic E-state index is 14.5. The summed E-state index contributed by atoms with van der Waals surface area (Å²) in [7, 11) is 0. The fourth-order valence-electron chi connectivity index (χ4n) is 8.07. The number of carbonyl (C=O) groups is 9. The minimum Gasteiger partial charge on any atom is -0.480 e. The second-order valence-corrected chi connectivity index (χ2v) is 17.7. The lowest BCUT2D eigenvalue weighted by Crippen LogP contribution is -2.60. The van der Waals surface area contributed by atoms with Gasteiger partial charge in [-0.05, 0) is 75.1 Å². The number of carbonyl (C=O) groups excluding carboxylic acids is 8. The van der Waals surface area contributed by atoms with Gasteiger partial charge >= 0.3 is 5.97 Å². The molecule has 7 atom stereocenters. The van der Waals surface area contributed by atoms with E-state index in [9.17, 15) is 48.3 Å². The van der Waals surface area contributed by atoms with E-state index < -0.39 is 95.5 Å². The summed E-state index contributed by atoms with van der Waals surface area (Å²) in [6.45, 7) is 1.15. The van der Waals surface area contributed by atoms with Gasteiger partial charge in [-0.25, -0.2) is 4.79 Å². The van der Waals surface area contributed by atoms with Gasteiger partial charge in [0.05, 0.1) is 0 Å². The van der Waals surface area contributed by atoms with Gasteiger partial charge in [0.2, 0.25) is 47.3 Å². The number of hydrogen-bond acceptors (Lipinski definition) is 12. The lowest BCUT2D eigenvalue weighted by Gasteiger charge is -2.28. The summed E-state index contributed by atoms with van der Waals surface area (Å²) < 4.78 is 0. The van der Waals surface area contributed by atoms with Gasteiger partial charge in [-0.3, -0.25) is 48.3 Å². The van der Waals surface area contributed by atoms with Crippen LogP contribution < -0.4 is 71.2 Å². The number of fused-ring (bicyclic) bond motifs is 1. The highest BCUT2D eigenvalue weighted by Crippen LogP contribution is 2.20. The molecule has 74 heavy (non-hydrogen) atoms. The van der Waals surface area contributed by atoms with Gasteiger partial charge < -0.3 is 81.3 Å². The number of rotatable bonds is 18. The van der Waals surface area contributed by atoms with Crippen molar-refractivity contribution >= 4 is 76.0 Å². The third-order valence-electron chi connectivity index (χ3n) is 11.9. The molecule has 1 fully saturated rings. The Balaban J connectivity index is 1.75. The van der Waals surface area contributed by atoms with E-state index in [0.717, 1.165) is 10.9 Å². The molecule has 0 saturated carbocycles. The number of aliphatic imine (C=N–C) groups is 2. The molecule has 1 saturated heterocycles. The summed E-state index contributed by atoms with van der Waals surface area (Å²) in [5.41, 5.74) is 29.8. The fraction of sp³-hybridized carbons (Fsp3) is 0.479. The molecule has 0 spiro atoms. The molecule has 3 aromatic rings. The number of guanidine groups is 2. The third kappa shape index (κ3) is 19.7. The van der Waals surface area contributed by atoms with Gasteiger partial charge in [0, 0.05) is 62.9 Å². The van der Waals surface area contributed by atoms with Crippen molar-refractivity contribution in [1.82, 2.24) is 47.5 Å². The minimum absolute atomic E-state index is 0.0431. The van der Waals surface area contributed by atoms with E-state index in [-0.39, 0.29) is 109 Å². The van der Waals surface area contributed by atoms with Crippen LogP contribution in [0.25, 0.3) is 10.9 Å². The van der Waals surface area contributed by atoms with Crippen LogP contribution in [-0.4, -0.2) is 144 Å². The van der Waals surface area contributed by atoms with Crippen molar-refractivity contribution in [2.45, 2.75) is 120 Å². The molecule has 8 amide bonds. The molecule has 4 rings (SSSR count). The number of nitrogens with zero attached hydrogens (tertiary/aromatic N) is 2. The van der Waals surface area contributed by atoms with E-state index >= 15 is 0 Å². The first kappa shape index (κ1) is 58.3. The molecule has 0 bridgehead atoms. The second kappa shape index (κ2) is 29.9. The van der Waals surface area contributed by atoms with Crippen LogP contribution in [0.1, 0.15) is 75.8 Å². The lowest BCUT2D eigenvalue weighted by molar-refractivity contribution is -0.142. The summed E-state index contributed by atoms with van der Waals surface area (Å²) >= 11 is 0. The zero-order valence-electron chi connectivity index (χ0n) is 41.3. The van der Waals surface area contributed by atoms with E-state index in [1.165, 1.54) is 6.92 Å². The normalized spacial score (nSPS) is 21.2. The molecule has 2 aromatic carbocycles. The number of aromatic amines is 1. The average Bonchev–Trinajstić information content (AvgIpc) is 3.76. The Morgan fingerprint density at radius 2 is 1.30 bits per heavy atom. The van der Waals surface area contributed by atoms with Crippen molar-refractivity contribution in [1.29, 1.82) is 0 Å². The highest BCUT2D eigenvalue weighted by Gasteiger charge is 2.35. The highest BCUT2D eigenvalue weighted by molar-refractivity contribution is 5.98. The molecule has 1 aromatic heterocycles. The largest absolute Gasteiger partial charge is 0.480 e. The van der Waals surface area contributed by atoms with Crippen molar-refractivity contribution in [2.75, 3.05) is 26.2 Å². The number of aliphatic carboxylic acids is 1. The smallest absolute Gasteiger partial charge is 0.326 e. The van der Waals surface area contributed by atoms with Crippen LogP contribution in [0, 0.1) is 0 Å². The molecular weight excluding hydrogens is 961 g/mol. The average molecular weight is 1030 g/mol. The second-order valence-electron chi connectivity index (χ2n) is 17.7. The Kier molecular flexibility index (Phi) is 23.6. The zero-order valence-corrected chi connectivity index (χ0v) is 41.3. The molecule has 26 heteroatoms. The molecule has 0 unspecified atom stereocenters. The number of nitrogens with one attached hydrogen (secondary N) is 9. The van der Waals surface area contributed by atoms with Crippen LogP contribution in [-0.2, 0) is 56.0 Å². The molecule has 1 aliphatic heterocycles. The molecule has 2 heterocycles. The molecule has 0 radical (unpaired) electrons. The van der Waals surface area contributed by atoms with Crippen LogP contribution in [0.3, 0.4) is 0 Å². The Morgan fingerprint density at radius 1 is 0.716 bits per heavy atom. The van der Waals surface area contributed by atoms with Crippen molar-refractivity contribution < 1.29 is 48.3 Å². The summed E-state index contributed by atoms with van der Waals surface area (Å²) in [6.07, 6.45) is 0.819. The Hall–Kier alpha value is -8.29. The SMILES string of the molecule is CC(=O)N[C@@H](CCCN=C(N)N)C(=O)N[C@@H]1CCC(=O)NCCC[C@H](C(=O)O)NC(=O)[C@@H](Cc2c[nH]c3ccccc23)NC(=O)[C@@H](CCCN=C(N)N)NC(=O)[C@H](Cc2ccccc2)NC(=O)[C@@H](CCN)NC1=O. The summed E-state index contributed by atoms with van der Waals surface area (Å²) in [4.78, 5) is 135. The van der Waals surface area contributed by atoms with Crippen LogP contribution in [0.5, 0.6) is 0 Å². The van der Waals surface area contributed by atoms with E-state index in [1.54, 1.807) is 42.6 Å². The van der Waals surface area contributed by atoms with Crippen LogP contribution in [0.2, 0.25) is 0 Å². The van der Waals surface area contributed by atoms with Gasteiger partial charge in [-0.2, -0.15) is 0 Å². The standard InChI is InChI=1S/C48H70N16O10/c1-27(65)58-32(14-7-22-55-47(50)51)40(67)60-34-17-18-39(66)54-21-9-16-36(46(73)74)62-45(72)38(25-29-26-57-31-13-6-5-12-30(29)31)64-41(68)33(15-8-23-56-48(52)53)59-44(71)37(24-28-10-3-2-4-11-28)63-43(70)35(19-20-49)61-42(34)69/h2-6,10-13,26,32-38,57H,7-9,14-25,49H2,1H3,(H,54,66)(H,58,65)(H,59,71)(H,60,67)(H,61,69)(H,62,72)(H,63,70)(H,64,68)(H,73,74)(H4,50,51,55)(H4,52,53,56)/t32-,33+,34+,35+,36+,37-,38+/m0/s1. The molecule has 1 aliphatic rings. The highest BCUT2D eigenvalue weighted by atomic mass is 16.4. The minimum atomic E-state index is -1.48. The predicted octanol–water partition coefficient (Wildman–Crippen LogP) is -3.40. The quantitative estimate of drug-likeness (QED) is 0.0336. The summed E-state index contributed by atoms with van der Waals surface area (Å²) in [6, 6.07) is 6.08. The first-order chi connectivity index (χ1) is 35.3. The van der Waals surface area contributed by atoms with E-state index in [4.69, 9.17) is 28.7 Å². The number of benzene rings is 2. The molecule has 26 nitrogen and oxygen atoms in total. The number of nitrogens with two attached hydrogens (primary N) is 5. The van der Waals surface area contributed by atoms with Crippen LogP contribution in [0.4, 0.5) is 0 Å². The summed E-state index contributed by atoms with van der Waals surface area (Å²) in [5.74, 6) is -8.06. The van der Waals surface area contributed by atoms with Gasteiger partial charge in [0.25, 0.3) is 0 Å². The van der Waals surface area contributed by atoms with Crippen molar-refractivity contribution in [3.63, 3.8) is 0 Å². The zero-order chi connectivity index (χ0) is 54.2. The van der Waals surface area contributed by atoms with Gasteiger partial charge in [-0.1, -0.05) is 48.5 Å². The van der Waals surface area contributed by atoms with Crippen molar-refractivity contribution in [2.24, 2.45) is 38.7 Å². The maximum Gasteiger partial charge on any atom is 0.326 e. The number of carboxylic acid groups (broad SMARTS) is 1. The van der Waals surface area contributed by atoms with Crippen LogP contribution in [0.15, 0.2) is 70.8 Å². The predicted molar refractivity (Wildman–Crippen MR) is 274 cm³/mol. The maximum absolute atomic E-state index is 14.5. The van der Waals surface area contributed by atoms with E-state index in [1.807, 2.05) is 18.2 Å². The Bertz CT molecular complexity index is 2480. The first-order valence-electron chi connectivity index (χ1n) is 24.3. The fourth-order valence-corrected chi connectivity index (χ4v) is 8.07. The monoisotopic (exact) mass is 1030 g/mol. The van der Waals surface area contributed by atoms with Gasteiger partial charge in [0.1, 0.15) is 42.3 Å². The third-order valence-corrected chi connectivity index (χ3v) is 11.9. The van der Waals surface area contributed by atoms with Crippen LogP contribution >= 0.6 is 0 Å². The summed E-state index contributed by atoms with van der Waals surface area (Å²) in [5, 5.41) is 32.0.